The predicted octanol–water partition coefficient (Wildman–Crippen LogP) is 0.788. The van der Waals surface area contributed by atoms with Crippen molar-refractivity contribution in [1.29, 1.82) is 0 Å². The molecule has 0 aliphatic carbocycles. The van der Waals surface area contributed by atoms with Gasteiger partial charge in [-0.2, -0.15) is 0 Å². The first kappa shape index (κ1) is 14.5. The zero-order chi connectivity index (χ0) is 13.7. The second-order valence-electron chi connectivity index (χ2n) is 4.46. The quantitative estimate of drug-likeness (QED) is 0.755. The lowest BCUT2D eigenvalue weighted by Gasteiger charge is -2.36. The molecule has 1 unspecified atom stereocenters. The Bertz CT molecular complexity index is 330. The fourth-order valence-corrected chi connectivity index (χ4v) is 1.80. The lowest BCUT2D eigenvalue weighted by Crippen LogP contribution is -2.54. The van der Waals surface area contributed by atoms with E-state index >= 15 is 0 Å². The molecule has 0 aromatic carbocycles. The Morgan fingerprint density at radius 1 is 1.61 bits per heavy atom. The van der Waals surface area contributed by atoms with Gasteiger partial charge in [-0.15, -0.1) is 6.58 Å². The fourth-order valence-electron chi connectivity index (χ4n) is 1.80. The van der Waals surface area contributed by atoms with Gasteiger partial charge in [-0.05, 0) is 13.8 Å². The van der Waals surface area contributed by atoms with Gasteiger partial charge in [0.15, 0.2) is 6.10 Å². The highest BCUT2D eigenvalue weighted by molar-refractivity contribution is 5.77. The molecule has 1 atom stereocenters. The molecule has 1 aliphatic rings. The smallest absolute Gasteiger partial charge is 0.334 e. The van der Waals surface area contributed by atoms with Crippen LogP contribution in [0.25, 0.3) is 0 Å². The van der Waals surface area contributed by atoms with E-state index in [-0.39, 0.29) is 25.2 Å². The van der Waals surface area contributed by atoms with Gasteiger partial charge in [-0.1, -0.05) is 6.08 Å². The number of hydrogen-bond donors (Lipinski definition) is 1. The SMILES string of the molecule is C=CCN(C(=O)N1CCOC(C(=O)O)C1)C(C)C. The van der Waals surface area contributed by atoms with Crippen LogP contribution in [0.2, 0.25) is 0 Å². The van der Waals surface area contributed by atoms with Gasteiger partial charge in [-0.25, -0.2) is 9.59 Å². The third-order valence-corrected chi connectivity index (χ3v) is 2.81. The van der Waals surface area contributed by atoms with Crippen molar-refractivity contribution in [3.63, 3.8) is 0 Å². The minimum absolute atomic E-state index is 0.0432. The molecular weight excluding hydrogens is 236 g/mol. The topological polar surface area (TPSA) is 70.1 Å². The van der Waals surface area contributed by atoms with Crippen molar-refractivity contribution in [2.75, 3.05) is 26.2 Å². The highest BCUT2D eigenvalue weighted by atomic mass is 16.5. The summed E-state index contributed by atoms with van der Waals surface area (Å²) in [5.41, 5.74) is 0. The number of hydrogen-bond acceptors (Lipinski definition) is 3. The van der Waals surface area contributed by atoms with Gasteiger partial charge in [0.05, 0.1) is 13.2 Å². The maximum absolute atomic E-state index is 12.3. The molecule has 18 heavy (non-hydrogen) atoms. The molecule has 1 N–H and O–H groups in total. The second kappa shape index (κ2) is 6.39. The Kier molecular flexibility index (Phi) is 5.15. The molecule has 0 bridgehead atoms. The van der Waals surface area contributed by atoms with Gasteiger partial charge >= 0.3 is 12.0 Å². The van der Waals surface area contributed by atoms with Crippen LogP contribution in [0.5, 0.6) is 0 Å². The summed E-state index contributed by atoms with van der Waals surface area (Å²) in [7, 11) is 0. The van der Waals surface area contributed by atoms with Crippen molar-refractivity contribution in [1.82, 2.24) is 9.80 Å². The molecule has 0 spiro atoms. The van der Waals surface area contributed by atoms with Crippen LogP contribution in [-0.4, -0.2) is 65.3 Å². The van der Waals surface area contributed by atoms with Crippen molar-refractivity contribution in [2.45, 2.75) is 26.0 Å². The zero-order valence-electron chi connectivity index (χ0n) is 10.8. The molecule has 1 aliphatic heterocycles. The van der Waals surface area contributed by atoms with Crippen LogP contribution in [0.4, 0.5) is 4.79 Å². The molecule has 0 radical (unpaired) electrons. The predicted molar refractivity (Wildman–Crippen MR) is 66.4 cm³/mol. The summed E-state index contributed by atoms with van der Waals surface area (Å²) in [5, 5.41) is 8.90. The largest absolute Gasteiger partial charge is 0.479 e. The number of rotatable bonds is 4. The lowest BCUT2D eigenvalue weighted by molar-refractivity contribution is -0.154. The molecule has 6 nitrogen and oxygen atoms in total. The summed E-state index contributed by atoms with van der Waals surface area (Å²) >= 11 is 0. The number of carboxylic acids is 1. The molecule has 1 fully saturated rings. The van der Waals surface area contributed by atoms with E-state index in [1.807, 2.05) is 13.8 Å². The van der Waals surface area contributed by atoms with Gasteiger partial charge in [0.1, 0.15) is 0 Å². The summed E-state index contributed by atoms with van der Waals surface area (Å²) in [6.07, 6.45) is 0.730. The maximum atomic E-state index is 12.3. The van der Waals surface area contributed by atoms with Crippen molar-refractivity contribution in [2.24, 2.45) is 0 Å². The van der Waals surface area contributed by atoms with E-state index in [2.05, 4.69) is 6.58 Å². The molecule has 6 heteroatoms. The van der Waals surface area contributed by atoms with Crippen LogP contribution in [0.15, 0.2) is 12.7 Å². The summed E-state index contributed by atoms with van der Waals surface area (Å²) < 4.78 is 5.09. The van der Waals surface area contributed by atoms with Crippen LogP contribution in [0.3, 0.4) is 0 Å². The summed E-state index contributed by atoms with van der Waals surface area (Å²) in [5.74, 6) is -1.03. The van der Waals surface area contributed by atoms with E-state index in [0.29, 0.717) is 13.1 Å². The van der Waals surface area contributed by atoms with Crippen LogP contribution in [-0.2, 0) is 9.53 Å². The molecule has 0 aromatic rings. The monoisotopic (exact) mass is 256 g/mol. The van der Waals surface area contributed by atoms with Gasteiger partial charge in [0.2, 0.25) is 0 Å². The van der Waals surface area contributed by atoms with Gasteiger partial charge < -0.3 is 19.6 Å². The Labute approximate surface area is 107 Å². The van der Waals surface area contributed by atoms with Crippen LogP contribution >= 0.6 is 0 Å². The minimum Gasteiger partial charge on any atom is -0.479 e. The van der Waals surface area contributed by atoms with E-state index in [9.17, 15) is 9.59 Å². The van der Waals surface area contributed by atoms with Crippen LogP contribution in [0.1, 0.15) is 13.8 Å². The number of carbonyl (C=O) groups is 2. The third-order valence-electron chi connectivity index (χ3n) is 2.81. The lowest BCUT2D eigenvalue weighted by atomic mass is 10.2. The van der Waals surface area contributed by atoms with E-state index in [0.717, 1.165) is 0 Å². The van der Waals surface area contributed by atoms with Crippen molar-refractivity contribution < 1.29 is 19.4 Å². The Hall–Kier alpha value is -1.56. The molecular formula is C12H20N2O4. The summed E-state index contributed by atoms with van der Waals surface area (Å²) in [6.45, 7) is 8.66. The van der Waals surface area contributed by atoms with Crippen LogP contribution in [0, 0.1) is 0 Å². The van der Waals surface area contributed by atoms with Crippen molar-refractivity contribution in [3.05, 3.63) is 12.7 Å². The van der Waals surface area contributed by atoms with Crippen molar-refractivity contribution in [3.8, 4) is 0 Å². The molecule has 1 heterocycles. The fraction of sp³-hybridized carbons (Fsp3) is 0.667. The number of morpholine rings is 1. The molecule has 102 valence electrons. The Morgan fingerprint density at radius 2 is 2.28 bits per heavy atom. The molecule has 0 saturated carbocycles. The number of carboxylic acid groups (broad SMARTS) is 1. The first-order valence-electron chi connectivity index (χ1n) is 5.98. The summed E-state index contributed by atoms with van der Waals surface area (Å²) in [4.78, 5) is 26.3. The number of aliphatic carboxylic acids is 1. The second-order valence-corrected chi connectivity index (χ2v) is 4.46. The maximum Gasteiger partial charge on any atom is 0.334 e. The molecule has 1 saturated heterocycles. The average Bonchev–Trinajstić information content (AvgIpc) is 2.35. The van der Waals surface area contributed by atoms with Crippen molar-refractivity contribution >= 4 is 12.0 Å². The Morgan fingerprint density at radius 3 is 2.78 bits per heavy atom. The Balaban J connectivity index is 2.69. The van der Waals surface area contributed by atoms with Gasteiger partial charge in [-0.3, -0.25) is 0 Å². The number of urea groups is 1. The molecule has 1 rings (SSSR count). The molecule has 2 amide bonds. The first-order chi connectivity index (χ1) is 8.47. The average molecular weight is 256 g/mol. The number of ether oxygens (including phenoxy) is 1. The minimum atomic E-state index is -1.03. The third kappa shape index (κ3) is 3.46. The van der Waals surface area contributed by atoms with E-state index in [4.69, 9.17) is 9.84 Å². The van der Waals surface area contributed by atoms with Gasteiger partial charge in [0, 0.05) is 19.1 Å². The number of carbonyl (C=O) groups excluding carboxylic acids is 1. The molecule has 0 aromatic heterocycles. The zero-order valence-corrected chi connectivity index (χ0v) is 10.8. The van der Waals surface area contributed by atoms with E-state index in [1.165, 1.54) is 4.90 Å². The first-order valence-corrected chi connectivity index (χ1v) is 5.98. The normalized spacial score (nSPS) is 19.7. The summed E-state index contributed by atoms with van der Waals surface area (Å²) in [6, 6.07) is -0.124. The van der Waals surface area contributed by atoms with E-state index < -0.39 is 12.1 Å². The highest BCUT2D eigenvalue weighted by Gasteiger charge is 2.31. The van der Waals surface area contributed by atoms with E-state index in [1.54, 1.807) is 11.0 Å². The standard InChI is InChI=1S/C12H20N2O4/c1-4-5-14(9(2)3)12(17)13-6-7-18-10(8-13)11(15)16/h4,9-10H,1,5-8H2,2-3H3,(H,15,16). The number of nitrogens with zero attached hydrogens (tertiary/aromatic N) is 2. The van der Waals surface area contributed by atoms with Gasteiger partial charge in [0.25, 0.3) is 0 Å². The van der Waals surface area contributed by atoms with Crippen LogP contribution < -0.4 is 0 Å². The number of amides is 2. The highest BCUT2D eigenvalue weighted by Crippen LogP contribution is 2.11.